The summed E-state index contributed by atoms with van der Waals surface area (Å²) < 4.78 is 86.6. The first kappa shape index (κ1) is 34.2. The minimum Gasteiger partial charge on any atom is -0.317 e. The third-order valence-corrected chi connectivity index (χ3v) is 13.4. The number of hydrogen-bond acceptors (Lipinski definition) is 7. The molecule has 0 bridgehead atoms. The Morgan fingerprint density at radius 1 is 0.432 bits per heavy atom. The van der Waals surface area contributed by atoms with Crippen LogP contribution in [0.4, 0.5) is 0 Å². The number of benzene rings is 3. The molecule has 1 saturated heterocycles. The number of nitrogens with one attached hydrogen (secondary N) is 1. The predicted octanol–water partition coefficient (Wildman–Crippen LogP) is 3.37. The van der Waals surface area contributed by atoms with Gasteiger partial charge in [0.25, 0.3) is 0 Å². The van der Waals surface area contributed by atoms with Crippen LogP contribution in [0.2, 0.25) is 0 Å². The van der Waals surface area contributed by atoms with Gasteiger partial charge in [0.05, 0.1) is 14.7 Å². The van der Waals surface area contributed by atoms with E-state index < -0.39 is 30.1 Å². The molecule has 0 unspecified atom stereocenters. The van der Waals surface area contributed by atoms with E-state index in [9.17, 15) is 25.3 Å². The molecule has 1 aliphatic heterocycles. The lowest BCUT2D eigenvalue weighted by Crippen LogP contribution is -2.46. The molecule has 0 aromatic heterocycles. The van der Waals surface area contributed by atoms with Gasteiger partial charge in [-0.3, -0.25) is 0 Å². The van der Waals surface area contributed by atoms with Crippen molar-refractivity contribution < 1.29 is 25.3 Å². The third-order valence-electron chi connectivity index (χ3n) is 7.70. The Morgan fingerprint density at radius 2 is 0.682 bits per heavy atom. The molecule has 1 heterocycles. The highest BCUT2D eigenvalue weighted by Crippen LogP contribution is 2.22. The van der Waals surface area contributed by atoms with Gasteiger partial charge in [-0.1, -0.05) is 53.1 Å². The van der Waals surface area contributed by atoms with Crippen LogP contribution in [0.1, 0.15) is 29.5 Å². The van der Waals surface area contributed by atoms with Gasteiger partial charge in [0.15, 0.2) is 0 Å². The molecular weight excluding hydrogens is 621 g/mol. The van der Waals surface area contributed by atoms with Crippen LogP contribution >= 0.6 is 0 Å². The molecule has 0 amide bonds. The molecule has 0 atom stereocenters. The van der Waals surface area contributed by atoms with Crippen molar-refractivity contribution in [2.75, 3.05) is 52.4 Å². The van der Waals surface area contributed by atoms with Gasteiger partial charge >= 0.3 is 0 Å². The van der Waals surface area contributed by atoms with Crippen molar-refractivity contribution in [2.45, 2.75) is 48.3 Å². The van der Waals surface area contributed by atoms with Gasteiger partial charge < -0.3 is 5.32 Å². The summed E-state index contributed by atoms with van der Waals surface area (Å²) in [5, 5.41) is 3.29. The molecule has 3 aromatic rings. The first-order valence-electron chi connectivity index (χ1n) is 14.7. The van der Waals surface area contributed by atoms with Crippen molar-refractivity contribution in [1.29, 1.82) is 0 Å². The van der Waals surface area contributed by atoms with Crippen LogP contribution in [0.15, 0.2) is 87.5 Å². The Hall–Kier alpha value is -2.65. The third kappa shape index (κ3) is 8.33. The molecular formula is C31H42N4O6S3. The van der Waals surface area contributed by atoms with E-state index in [1.54, 1.807) is 60.7 Å². The number of aryl methyl sites for hydroxylation is 3. The summed E-state index contributed by atoms with van der Waals surface area (Å²) in [4.78, 5) is 0.343. The Labute approximate surface area is 262 Å². The maximum Gasteiger partial charge on any atom is 0.243 e. The lowest BCUT2D eigenvalue weighted by atomic mass is 10.2. The standard InChI is InChI=1S/C31H42N4O6S3/c1-26-6-12-29(13-7-26)42(36,37)33-20-4-18-32-19-5-21-34(43(38,39)30-14-8-27(2)9-15-30)23-25-35(24-22-33)44(40,41)31-16-10-28(3)11-17-31/h6-17,32H,4-5,18-25H2,1-3H3. The SMILES string of the molecule is Cc1ccc(S(=O)(=O)N2CCCNCCCN(S(=O)(=O)c3ccc(C)cc3)CCN(S(=O)(=O)c3ccc(C)cc3)CC2)cc1. The fraction of sp³-hybridized carbons (Fsp3) is 0.419. The van der Waals surface area contributed by atoms with Crippen LogP contribution in [0.25, 0.3) is 0 Å². The summed E-state index contributed by atoms with van der Waals surface area (Å²) in [6, 6.07) is 19.6. The second-order valence-corrected chi connectivity index (χ2v) is 16.9. The van der Waals surface area contributed by atoms with Crippen molar-refractivity contribution in [3.05, 3.63) is 89.5 Å². The van der Waals surface area contributed by atoms with Crippen LogP contribution in [0.3, 0.4) is 0 Å². The average molecular weight is 663 g/mol. The molecule has 44 heavy (non-hydrogen) atoms. The molecule has 1 aliphatic rings. The Bertz CT molecular complexity index is 1620. The van der Waals surface area contributed by atoms with E-state index in [1.807, 2.05) is 20.8 Å². The molecule has 0 spiro atoms. The van der Waals surface area contributed by atoms with Crippen LogP contribution in [0.5, 0.6) is 0 Å². The maximum absolute atomic E-state index is 13.9. The fourth-order valence-electron chi connectivity index (χ4n) is 4.97. The Morgan fingerprint density at radius 3 is 0.955 bits per heavy atom. The normalized spacial score (nSPS) is 18.1. The molecule has 0 radical (unpaired) electrons. The largest absolute Gasteiger partial charge is 0.317 e. The van der Waals surface area contributed by atoms with Gasteiger partial charge in [0, 0.05) is 39.3 Å². The van der Waals surface area contributed by atoms with Crippen molar-refractivity contribution in [2.24, 2.45) is 0 Å². The van der Waals surface area contributed by atoms with Crippen molar-refractivity contribution in [1.82, 2.24) is 18.2 Å². The van der Waals surface area contributed by atoms with Gasteiger partial charge in [0.2, 0.25) is 30.1 Å². The number of rotatable bonds is 6. The number of hydrogen-bond donors (Lipinski definition) is 1. The van der Waals surface area contributed by atoms with Crippen molar-refractivity contribution in [3.8, 4) is 0 Å². The van der Waals surface area contributed by atoms with Crippen molar-refractivity contribution >= 4 is 30.1 Å². The molecule has 10 nitrogen and oxygen atoms in total. The first-order chi connectivity index (χ1) is 20.8. The molecule has 1 N–H and O–H groups in total. The minimum absolute atomic E-state index is 0.0642. The average Bonchev–Trinajstić information content (AvgIpc) is 2.98. The van der Waals surface area contributed by atoms with E-state index in [4.69, 9.17) is 0 Å². The lowest BCUT2D eigenvalue weighted by Gasteiger charge is -2.30. The zero-order valence-corrected chi connectivity index (χ0v) is 28.0. The molecule has 0 aliphatic carbocycles. The van der Waals surface area contributed by atoms with Gasteiger partial charge in [-0.05, 0) is 83.1 Å². The summed E-state index contributed by atoms with van der Waals surface area (Å²) in [6.45, 7) is 6.59. The van der Waals surface area contributed by atoms with E-state index in [0.29, 0.717) is 25.9 Å². The first-order valence-corrected chi connectivity index (χ1v) is 19.0. The fourth-order valence-corrected chi connectivity index (χ4v) is 9.33. The smallest absolute Gasteiger partial charge is 0.243 e. The number of nitrogens with zero attached hydrogens (tertiary/aromatic N) is 3. The monoisotopic (exact) mass is 662 g/mol. The molecule has 1 fully saturated rings. The quantitative estimate of drug-likeness (QED) is 0.429. The van der Waals surface area contributed by atoms with Gasteiger partial charge in [-0.25, -0.2) is 25.3 Å². The zero-order chi connectivity index (χ0) is 32.0. The molecule has 240 valence electrons. The summed E-state index contributed by atoms with van der Waals surface area (Å²) >= 11 is 0. The van der Waals surface area contributed by atoms with E-state index >= 15 is 0 Å². The van der Waals surface area contributed by atoms with Crippen LogP contribution in [-0.2, 0) is 30.1 Å². The summed E-state index contributed by atoms with van der Waals surface area (Å²) in [6.07, 6.45) is 1.00. The van der Waals surface area contributed by atoms with E-state index in [2.05, 4.69) is 5.32 Å². The van der Waals surface area contributed by atoms with Crippen LogP contribution < -0.4 is 5.32 Å². The molecule has 4 rings (SSSR count). The highest BCUT2D eigenvalue weighted by Gasteiger charge is 2.31. The topological polar surface area (TPSA) is 124 Å². The van der Waals surface area contributed by atoms with Gasteiger partial charge in [-0.2, -0.15) is 12.9 Å². The molecule has 0 saturated carbocycles. The van der Waals surface area contributed by atoms with Crippen LogP contribution in [0, 0.1) is 20.8 Å². The Kier molecular flexibility index (Phi) is 11.4. The number of sulfonamides is 3. The second-order valence-electron chi connectivity index (χ2n) is 11.1. The second kappa shape index (κ2) is 14.6. The van der Waals surface area contributed by atoms with Crippen LogP contribution in [-0.4, -0.2) is 90.5 Å². The summed E-state index contributed by atoms with van der Waals surface area (Å²) in [7, 11) is -11.9. The minimum atomic E-state index is -4.08. The zero-order valence-electron chi connectivity index (χ0n) is 25.5. The van der Waals surface area contributed by atoms with E-state index in [-0.39, 0.29) is 54.0 Å². The Balaban J connectivity index is 1.69. The van der Waals surface area contributed by atoms with E-state index in [1.165, 1.54) is 25.0 Å². The molecule has 3 aromatic carbocycles. The molecule has 13 heteroatoms. The summed E-state index contributed by atoms with van der Waals surface area (Å²) in [5.41, 5.74) is 2.74. The highest BCUT2D eigenvalue weighted by atomic mass is 32.2. The highest BCUT2D eigenvalue weighted by molar-refractivity contribution is 7.89. The lowest BCUT2D eigenvalue weighted by molar-refractivity contribution is 0.308. The van der Waals surface area contributed by atoms with Crippen molar-refractivity contribution in [3.63, 3.8) is 0 Å². The van der Waals surface area contributed by atoms with Gasteiger partial charge in [0.1, 0.15) is 0 Å². The van der Waals surface area contributed by atoms with Gasteiger partial charge in [-0.15, -0.1) is 0 Å². The maximum atomic E-state index is 13.9. The van der Waals surface area contributed by atoms with E-state index in [0.717, 1.165) is 16.7 Å². The summed E-state index contributed by atoms with van der Waals surface area (Å²) in [5.74, 6) is 0. The predicted molar refractivity (Wildman–Crippen MR) is 172 cm³/mol.